The number of ether oxygens (including phenoxy) is 1. The second-order valence-corrected chi connectivity index (χ2v) is 9.29. The van der Waals surface area contributed by atoms with E-state index in [0.717, 1.165) is 11.4 Å². The molecule has 5 rings (SSSR count). The van der Waals surface area contributed by atoms with Gasteiger partial charge in [-0.25, -0.2) is 4.79 Å². The van der Waals surface area contributed by atoms with Crippen molar-refractivity contribution < 1.29 is 19.1 Å². The van der Waals surface area contributed by atoms with E-state index in [2.05, 4.69) is 10.3 Å². The number of hydrogen-bond acceptors (Lipinski definition) is 7. The molecular formula is C21H20ClN5O4S. The number of thiophene rings is 1. The van der Waals surface area contributed by atoms with E-state index < -0.39 is 12.2 Å². The van der Waals surface area contributed by atoms with Gasteiger partial charge in [0.15, 0.2) is 0 Å². The summed E-state index contributed by atoms with van der Waals surface area (Å²) >= 11 is 7.06. The van der Waals surface area contributed by atoms with Gasteiger partial charge in [-0.1, -0.05) is 11.6 Å². The molecule has 2 saturated heterocycles. The molecule has 9 nitrogen and oxygen atoms in total. The Morgan fingerprint density at radius 1 is 1.16 bits per heavy atom. The summed E-state index contributed by atoms with van der Waals surface area (Å²) in [6.45, 7) is 2.35. The Bertz CT molecular complexity index is 1100. The molecule has 11 heteroatoms. The van der Waals surface area contributed by atoms with Crippen molar-refractivity contribution in [2.24, 2.45) is 4.99 Å². The molecule has 1 N–H and O–H groups in total. The highest BCUT2D eigenvalue weighted by molar-refractivity contribution is 7.18. The monoisotopic (exact) mass is 473 g/mol. The largest absolute Gasteiger partial charge is 0.442 e. The van der Waals surface area contributed by atoms with E-state index in [1.807, 2.05) is 29.3 Å². The van der Waals surface area contributed by atoms with Crippen LogP contribution in [0.4, 0.5) is 10.5 Å². The Morgan fingerprint density at radius 2 is 1.97 bits per heavy atom. The zero-order valence-corrected chi connectivity index (χ0v) is 18.6. The first kappa shape index (κ1) is 20.8. The van der Waals surface area contributed by atoms with Crippen LogP contribution in [0.15, 0.2) is 41.4 Å². The Hall–Kier alpha value is -3.11. The molecule has 1 atom stereocenters. The molecule has 0 bridgehead atoms. The summed E-state index contributed by atoms with van der Waals surface area (Å²) in [5.74, 6) is 0.643. The highest BCUT2D eigenvalue weighted by Crippen LogP contribution is 2.25. The number of amides is 3. The van der Waals surface area contributed by atoms with Gasteiger partial charge in [-0.3, -0.25) is 29.5 Å². The van der Waals surface area contributed by atoms with E-state index in [9.17, 15) is 14.4 Å². The fraction of sp³-hybridized carbons (Fsp3) is 0.333. The minimum absolute atomic E-state index is 0.120. The minimum Gasteiger partial charge on any atom is -0.442 e. The molecule has 0 aliphatic carbocycles. The van der Waals surface area contributed by atoms with Crippen molar-refractivity contribution in [1.82, 2.24) is 15.3 Å². The zero-order valence-electron chi connectivity index (χ0n) is 17.0. The number of carbonyl (C=O) groups excluding carboxylic acids is 3. The number of rotatable bonds is 5. The first-order valence-corrected chi connectivity index (χ1v) is 11.4. The number of halogens is 1. The third kappa shape index (κ3) is 3.91. The molecule has 1 aromatic carbocycles. The number of aliphatic imine (C=N–C) groups is 1. The second kappa shape index (κ2) is 8.44. The van der Waals surface area contributed by atoms with Crippen LogP contribution in [-0.2, 0) is 9.53 Å². The van der Waals surface area contributed by atoms with Crippen LogP contribution in [0.25, 0.3) is 0 Å². The SMILES string of the molecule is O=C(NCC1CN(c2ccc(C3=NCCN4C(=O)CCN34)cc2)C(=O)O1)c1ccc(Cl)s1. The Morgan fingerprint density at radius 3 is 2.72 bits per heavy atom. The number of hydrogen-bond donors (Lipinski definition) is 1. The number of benzene rings is 1. The van der Waals surface area contributed by atoms with Crippen LogP contribution in [0.1, 0.15) is 21.7 Å². The van der Waals surface area contributed by atoms with Crippen molar-refractivity contribution in [1.29, 1.82) is 0 Å². The maximum atomic E-state index is 12.4. The third-order valence-corrected chi connectivity index (χ3v) is 6.76. The summed E-state index contributed by atoms with van der Waals surface area (Å²) in [4.78, 5) is 43.2. The number of nitrogens with one attached hydrogen (secondary N) is 1. The van der Waals surface area contributed by atoms with Crippen molar-refractivity contribution in [3.63, 3.8) is 0 Å². The molecule has 4 heterocycles. The maximum absolute atomic E-state index is 12.4. The lowest BCUT2D eigenvalue weighted by molar-refractivity contribution is -0.134. The van der Waals surface area contributed by atoms with Gasteiger partial charge in [-0.2, -0.15) is 0 Å². The van der Waals surface area contributed by atoms with E-state index in [1.54, 1.807) is 17.1 Å². The average molecular weight is 474 g/mol. The van der Waals surface area contributed by atoms with E-state index in [1.165, 1.54) is 16.2 Å². The molecular weight excluding hydrogens is 454 g/mol. The maximum Gasteiger partial charge on any atom is 0.414 e. The van der Waals surface area contributed by atoms with E-state index in [-0.39, 0.29) is 18.4 Å². The number of anilines is 1. The van der Waals surface area contributed by atoms with E-state index in [4.69, 9.17) is 16.3 Å². The molecule has 3 aliphatic rings. The first-order valence-electron chi connectivity index (χ1n) is 10.2. The van der Waals surface area contributed by atoms with Gasteiger partial charge in [-0.05, 0) is 36.4 Å². The Balaban J connectivity index is 1.22. The summed E-state index contributed by atoms with van der Waals surface area (Å²) < 4.78 is 5.95. The number of carbonyl (C=O) groups is 3. The van der Waals surface area contributed by atoms with Crippen LogP contribution in [-0.4, -0.2) is 72.6 Å². The normalized spacial score (nSPS) is 20.3. The molecule has 3 aliphatic heterocycles. The summed E-state index contributed by atoms with van der Waals surface area (Å²) in [5.41, 5.74) is 1.59. The smallest absolute Gasteiger partial charge is 0.414 e. The van der Waals surface area contributed by atoms with Crippen molar-refractivity contribution >= 4 is 52.4 Å². The van der Waals surface area contributed by atoms with Gasteiger partial charge in [0, 0.05) is 17.7 Å². The van der Waals surface area contributed by atoms with Crippen LogP contribution >= 0.6 is 22.9 Å². The van der Waals surface area contributed by atoms with Gasteiger partial charge < -0.3 is 10.1 Å². The standard InChI is InChI=1S/C21H20ClN5O4S/c22-17-6-5-16(32-17)20(29)24-11-15-12-25(21(30)31-15)14-3-1-13(2-4-14)19-23-8-10-26-18(28)7-9-27(19)26/h1-6,15H,7-12H2,(H,24,29). The highest BCUT2D eigenvalue weighted by Gasteiger charge is 2.35. The van der Waals surface area contributed by atoms with Crippen molar-refractivity contribution in [3.05, 3.63) is 51.2 Å². The Kier molecular flexibility index (Phi) is 5.48. The number of amidine groups is 1. The zero-order chi connectivity index (χ0) is 22.2. The minimum atomic E-state index is -0.456. The number of fused-ring (bicyclic) bond motifs is 1. The molecule has 2 aromatic rings. The lowest BCUT2D eigenvalue weighted by Crippen LogP contribution is -2.47. The van der Waals surface area contributed by atoms with Gasteiger partial charge in [0.25, 0.3) is 5.91 Å². The van der Waals surface area contributed by atoms with Crippen LogP contribution in [0, 0.1) is 0 Å². The molecule has 1 aromatic heterocycles. The fourth-order valence-corrected chi connectivity index (χ4v) is 4.94. The van der Waals surface area contributed by atoms with Gasteiger partial charge >= 0.3 is 6.09 Å². The molecule has 2 fully saturated rings. The molecule has 3 amide bonds. The van der Waals surface area contributed by atoms with Crippen molar-refractivity contribution in [3.8, 4) is 0 Å². The lowest BCUT2D eigenvalue weighted by Gasteiger charge is -2.34. The Labute approximate surface area is 193 Å². The molecule has 0 saturated carbocycles. The molecule has 0 radical (unpaired) electrons. The quantitative estimate of drug-likeness (QED) is 0.719. The highest BCUT2D eigenvalue weighted by atomic mass is 35.5. The predicted molar refractivity (Wildman–Crippen MR) is 120 cm³/mol. The van der Waals surface area contributed by atoms with Crippen molar-refractivity contribution in [2.75, 3.05) is 37.6 Å². The van der Waals surface area contributed by atoms with Crippen LogP contribution in [0.5, 0.6) is 0 Å². The second-order valence-electron chi connectivity index (χ2n) is 7.57. The van der Waals surface area contributed by atoms with Crippen molar-refractivity contribution in [2.45, 2.75) is 12.5 Å². The summed E-state index contributed by atoms with van der Waals surface area (Å²) in [6.07, 6.45) is -0.412. The molecule has 1 unspecified atom stereocenters. The van der Waals surface area contributed by atoms with Gasteiger partial charge in [0.05, 0.1) is 41.9 Å². The van der Waals surface area contributed by atoms with E-state index >= 15 is 0 Å². The number of hydrazine groups is 1. The first-order chi connectivity index (χ1) is 15.5. The van der Waals surface area contributed by atoms with Crippen LogP contribution < -0.4 is 10.2 Å². The summed E-state index contributed by atoms with van der Waals surface area (Å²) in [7, 11) is 0. The number of cyclic esters (lactones) is 1. The van der Waals surface area contributed by atoms with Gasteiger partial charge in [0.1, 0.15) is 11.9 Å². The summed E-state index contributed by atoms with van der Waals surface area (Å²) in [6, 6.07) is 10.8. The summed E-state index contributed by atoms with van der Waals surface area (Å²) in [5, 5.41) is 6.45. The molecule has 166 valence electrons. The van der Waals surface area contributed by atoms with Crippen LogP contribution in [0.2, 0.25) is 4.34 Å². The third-order valence-electron chi connectivity index (χ3n) is 5.53. The van der Waals surface area contributed by atoms with Gasteiger partial charge in [-0.15, -0.1) is 11.3 Å². The van der Waals surface area contributed by atoms with Crippen LogP contribution in [0.3, 0.4) is 0 Å². The lowest BCUT2D eigenvalue weighted by atomic mass is 10.1. The van der Waals surface area contributed by atoms with E-state index in [0.29, 0.717) is 47.5 Å². The topological polar surface area (TPSA) is 94.5 Å². The average Bonchev–Trinajstić information content (AvgIpc) is 3.51. The molecule has 0 spiro atoms. The number of nitrogens with zero attached hydrogens (tertiary/aromatic N) is 4. The fourth-order valence-electron chi connectivity index (χ4n) is 3.98. The predicted octanol–water partition coefficient (Wildman–Crippen LogP) is 2.37. The van der Waals surface area contributed by atoms with Gasteiger partial charge in [0.2, 0.25) is 5.91 Å². The molecule has 32 heavy (non-hydrogen) atoms.